The van der Waals surface area contributed by atoms with Crippen molar-refractivity contribution in [1.29, 1.82) is 0 Å². The van der Waals surface area contributed by atoms with Gasteiger partial charge >= 0.3 is 0 Å². The topological polar surface area (TPSA) is 66.6 Å². The van der Waals surface area contributed by atoms with Crippen LogP contribution in [-0.4, -0.2) is 34.5 Å². The Balaban J connectivity index is 0.00000264. The van der Waals surface area contributed by atoms with E-state index in [1.807, 2.05) is 42.2 Å². The Labute approximate surface area is 145 Å². The second-order valence-electron chi connectivity index (χ2n) is 6.40. The summed E-state index contributed by atoms with van der Waals surface area (Å²) in [5.41, 5.74) is 7.01. The van der Waals surface area contributed by atoms with Gasteiger partial charge in [-0.05, 0) is 30.7 Å². The SMILES string of the molecule is CCC(C)C(N)C(=O)N1CCCC1CC(O)c1ccccc1.Cl. The first-order valence-electron chi connectivity index (χ1n) is 8.33. The molecule has 1 amide bonds. The fourth-order valence-electron chi connectivity index (χ4n) is 3.13. The van der Waals surface area contributed by atoms with Crippen molar-refractivity contribution < 1.29 is 9.90 Å². The average Bonchev–Trinajstić information content (AvgIpc) is 3.01. The molecule has 1 saturated heterocycles. The Morgan fingerprint density at radius 2 is 2.04 bits per heavy atom. The fraction of sp³-hybridized carbons (Fsp3) is 0.611. The lowest BCUT2D eigenvalue weighted by Crippen LogP contribution is -2.49. The predicted molar refractivity (Wildman–Crippen MR) is 95.4 cm³/mol. The van der Waals surface area contributed by atoms with Crippen LogP contribution in [0.2, 0.25) is 0 Å². The summed E-state index contributed by atoms with van der Waals surface area (Å²) < 4.78 is 0. The second-order valence-corrected chi connectivity index (χ2v) is 6.40. The number of aliphatic hydroxyl groups is 1. The average molecular weight is 341 g/mol. The van der Waals surface area contributed by atoms with Crippen LogP contribution in [0.1, 0.15) is 51.2 Å². The molecule has 0 bridgehead atoms. The van der Waals surface area contributed by atoms with E-state index in [4.69, 9.17) is 5.73 Å². The first-order chi connectivity index (χ1) is 10.5. The Bertz CT molecular complexity index is 483. The highest BCUT2D eigenvalue weighted by molar-refractivity contribution is 5.85. The number of nitrogens with two attached hydrogens (primary N) is 1. The van der Waals surface area contributed by atoms with Crippen LogP contribution in [0.3, 0.4) is 0 Å². The van der Waals surface area contributed by atoms with Gasteiger partial charge in [0.1, 0.15) is 0 Å². The summed E-state index contributed by atoms with van der Waals surface area (Å²) in [4.78, 5) is 14.5. The van der Waals surface area contributed by atoms with Crippen LogP contribution < -0.4 is 5.73 Å². The summed E-state index contributed by atoms with van der Waals surface area (Å²) in [7, 11) is 0. The first kappa shape index (κ1) is 19.9. The van der Waals surface area contributed by atoms with Crippen molar-refractivity contribution in [1.82, 2.24) is 4.90 Å². The van der Waals surface area contributed by atoms with Crippen LogP contribution in [0.5, 0.6) is 0 Å². The normalized spacial score (nSPS) is 21.4. The molecule has 0 spiro atoms. The van der Waals surface area contributed by atoms with Gasteiger partial charge in [-0.15, -0.1) is 12.4 Å². The van der Waals surface area contributed by atoms with Crippen LogP contribution in [0.25, 0.3) is 0 Å². The summed E-state index contributed by atoms with van der Waals surface area (Å²) in [5.74, 6) is 0.227. The number of hydrogen-bond acceptors (Lipinski definition) is 3. The maximum atomic E-state index is 12.6. The van der Waals surface area contributed by atoms with Crippen molar-refractivity contribution in [2.45, 2.75) is 57.7 Å². The lowest BCUT2D eigenvalue weighted by atomic mass is 9.97. The minimum atomic E-state index is -0.528. The zero-order valence-corrected chi connectivity index (χ0v) is 14.8. The first-order valence-corrected chi connectivity index (χ1v) is 8.33. The van der Waals surface area contributed by atoms with Crippen LogP contribution in [0.4, 0.5) is 0 Å². The van der Waals surface area contributed by atoms with E-state index in [1.165, 1.54) is 0 Å². The van der Waals surface area contributed by atoms with Crippen molar-refractivity contribution in [3.63, 3.8) is 0 Å². The van der Waals surface area contributed by atoms with Gasteiger partial charge in [-0.1, -0.05) is 50.6 Å². The molecule has 0 aliphatic carbocycles. The van der Waals surface area contributed by atoms with E-state index < -0.39 is 12.1 Å². The van der Waals surface area contributed by atoms with Gasteiger partial charge in [-0.25, -0.2) is 0 Å². The van der Waals surface area contributed by atoms with E-state index in [-0.39, 0.29) is 30.3 Å². The van der Waals surface area contributed by atoms with Crippen LogP contribution in [0.15, 0.2) is 30.3 Å². The van der Waals surface area contributed by atoms with Gasteiger partial charge in [-0.3, -0.25) is 4.79 Å². The number of likely N-dealkylation sites (tertiary alicyclic amines) is 1. The van der Waals surface area contributed by atoms with E-state index >= 15 is 0 Å². The largest absolute Gasteiger partial charge is 0.388 e. The van der Waals surface area contributed by atoms with E-state index in [0.29, 0.717) is 6.42 Å². The van der Waals surface area contributed by atoms with Crippen molar-refractivity contribution in [2.75, 3.05) is 6.54 Å². The highest BCUT2D eigenvalue weighted by Gasteiger charge is 2.34. The molecule has 0 saturated carbocycles. The van der Waals surface area contributed by atoms with Gasteiger partial charge in [0.15, 0.2) is 0 Å². The molecule has 1 aliphatic rings. The molecule has 2 rings (SSSR count). The fourth-order valence-corrected chi connectivity index (χ4v) is 3.13. The summed E-state index contributed by atoms with van der Waals surface area (Å²) in [6, 6.07) is 9.31. The molecule has 1 heterocycles. The lowest BCUT2D eigenvalue weighted by Gasteiger charge is -2.30. The molecule has 1 aromatic carbocycles. The van der Waals surface area contributed by atoms with Crippen molar-refractivity contribution >= 4 is 18.3 Å². The minimum Gasteiger partial charge on any atom is -0.388 e. The van der Waals surface area contributed by atoms with Crippen molar-refractivity contribution in [3.05, 3.63) is 35.9 Å². The van der Waals surface area contributed by atoms with Crippen LogP contribution in [-0.2, 0) is 4.79 Å². The Kier molecular flexibility index (Phi) is 8.03. The molecule has 1 aliphatic heterocycles. The quantitative estimate of drug-likeness (QED) is 0.836. The number of carbonyl (C=O) groups is 1. The Morgan fingerprint density at radius 3 is 2.65 bits per heavy atom. The standard InChI is InChI=1S/C18H28N2O2.ClH/c1-3-13(2)17(19)18(22)20-11-7-10-15(20)12-16(21)14-8-5-4-6-9-14;/h4-6,8-9,13,15-17,21H,3,7,10-12,19H2,1-2H3;1H. The highest BCUT2D eigenvalue weighted by Crippen LogP contribution is 2.28. The molecule has 4 nitrogen and oxygen atoms in total. The van der Waals surface area contributed by atoms with Gasteiger partial charge in [0.05, 0.1) is 12.1 Å². The molecule has 0 aromatic heterocycles. The van der Waals surface area contributed by atoms with E-state index in [1.54, 1.807) is 0 Å². The number of hydrogen-bond donors (Lipinski definition) is 2. The van der Waals surface area contributed by atoms with Gasteiger partial charge in [0, 0.05) is 12.6 Å². The zero-order valence-electron chi connectivity index (χ0n) is 14.0. The third-order valence-electron chi connectivity index (χ3n) is 4.88. The molecule has 4 unspecified atom stereocenters. The number of rotatable bonds is 6. The maximum Gasteiger partial charge on any atom is 0.240 e. The lowest BCUT2D eigenvalue weighted by molar-refractivity contribution is -0.135. The molecular formula is C18H29ClN2O2. The molecule has 0 radical (unpaired) electrons. The summed E-state index contributed by atoms with van der Waals surface area (Å²) in [5, 5.41) is 10.4. The van der Waals surface area contributed by atoms with Crippen LogP contribution >= 0.6 is 12.4 Å². The van der Waals surface area contributed by atoms with Crippen LogP contribution in [0, 0.1) is 5.92 Å². The third kappa shape index (κ3) is 4.93. The smallest absolute Gasteiger partial charge is 0.240 e. The monoisotopic (exact) mass is 340 g/mol. The Morgan fingerprint density at radius 1 is 1.39 bits per heavy atom. The summed E-state index contributed by atoms with van der Waals surface area (Å²) >= 11 is 0. The molecule has 3 N–H and O–H groups in total. The third-order valence-corrected chi connectivity index (χ3v) is 4.88. The van der Waals surface area contributed by atoms with Crippen molar-refractivity contribution in [2.24, 2.45) is 11.7 Å². The number of amides is 1. The van der Waals surface area contributed by atoms with E-state index in [2.05, 4.69) is 6.92 Å². The van der Waals surface area contributed by atoms with Gasteiger partial charge in [0.25, 0.3) is 0 Å². The number of benzene rings is 1. The number of aliphatic hydroxyl groups excluding tert-OH is 1. The van der Waals surface area contributed by atoms with E-state index in [9.17, 15) is 9.90 Å². The second kappa shape index (κ2) is 9.26. The predicted octanol–water partition coefficient (Wildman–Crippen LogP) is 2.90. The molecule has 1 aromatic rings. The molecule has 1 fully saturated rings. The highest BCUT2D eigenvalue weighted by atomic mass is 35.5. The molecule has 23 heavy (non-hydrogen) atoms. The molecule has 5 heteroatoms. The van der Waals surface area contributed by atoms with Gasteiger partial charge in [0.2, 0.25) is 5.91 Å². The molecule has 130 valence electrons. The number of halogens is 1. The molecular weight excluding hydrogens is 312 g/mol. The summed E-state index contributed by atoms with van der Waals surface area (Å²) in [6.07, 6.45) is 2.90. The number of nitrogens with zero attached hydrogens (tertiary/aromatic N) is 1. The van der Waals surface area contributed by atoms with Gasteiger partial charge in [-0.2, -0.15) is 0 Å². The zero-order chi connectivity index (χ0) is 16.1. The van der Waals surface area contributed by atoms with E-state index in [0.717, 1.165) is 31.4 Å². The maximum absolute atomic E-state index is 12.6. The summed E-state index contributed by atoms with van der Waals surface area (Å²) in [6.45, 7) is 4.83. The van der Waals surface area contributed by atoms with Gasteiger partial charge < -0.3 is 15.7 Å². The minimum absolute atomic E-state index is 0. The Hall–Kier alpha value is -1.10. The molecule has 4 atom stereocenters. The number of carbonyl (C=O) groups excluding carboxylic acids is 1. The van der Waals surface area contributed by atoms with Crippen molar-refractivity contribution in [3.8, 4) is 0 Å².